The molecule has 1 amide bonds. The molecule has 2 rings (SSSR count). The molecule has 1 fully saturated rings. The molecule has 1 aliphatic heterocycles. The Balaban J connectivity index is 2.04. The molecule has 0 aromatic heterocycles. The zero-order chi connectivity index (χ0) is 15.6. The Labute approximate surface area is 139 Å². The van der Waals surface area contributed by atoms with Gasteiger partial charge in [0, 0.05) is 36.2 Å². The third-order valence-corrected chi connectivity index (χ3v) is 5.26. The highest BCUT2D eigenvalue weighted by Gasteiger charge is 2.26. The van der Waals surface area contributed by atoms with Crippen LogP contribution in [-0.2, 0) is 0 Å². The molecule has 1 aromatic rings. The molecule has 1 aromatic carbocycles. The average molecular weight is 370 g/mol. The molecule has 1 heterocycles. The first kappa shape index (κ1) is 16.4. The molecule has 0 saturated carbocycles. The van der Waals surface area contributed by atoms with Gasteiger partial charge >= 0.3 is 0 Å². The molecule has 4 nitrogen and oxygen atoms in total. The molecule has 1 atom stereocenters. The van der Waals surface area contributed by atoms with Crippen LogP contribution in [0.2, 0.25) is 0 Å². The summed E-state index contributed by atoms with van der Waals surface area (Å²) < 4.78 is 0.967. The molecular formula is C15H20BrN3OS. The van der Waals surface area contributed by atoms with Gasteiger partial charge in [-0.15, -0.1) is 0 Å². The van der Waals surface area contributed by atoms with Gasteiger partial charge in [0.2, 0.25) is 0 Å². The third kappa shape index (κ3) is 3.62. The number of benzene rings is 1. The number of piperazine rings is 1. The second-order valence-corrected chi connectivity index (χ2v) is 6.64. The van der Waals surface area contributed by atoms with Crippen molar-refractivity contribution in [3.63, 3.8) is 0 Å². The number of carbonyl (C=O) groups excluding carboxylic acids is 1. The van der Waals surface area contributed by atoms with E-state index in [1.54, 1.807) is 0 Å². The fourth-order valence-corrected chi connectivity index (χ4v) is 3.02. The van der Waals surface area contributed by atoms with E-state index >= 15 is 0 Å². The lowest BCUT2D eigenvalue weighted by atomic mass is 10.1. The largest absolute Gasteiger partial charge is 0.392 e. The van der Waals surface area contributed by atoms with Gasteiger partial charge in [0.25, 0.3) is 5.91 Å². The van der Waals surface area contributed by atoms with Crippen LogP contribution in [0.3, 0.4) is 0 Å². The van der Waals surface area contributed by atoms with Crippen LogP contribution in [0.1, 0.15) is 22.8 Å². The Morgan fingerprint density at radius 2 is 1.95 bits per heavy atom. The summed E-state index contributed by atoms with van der Waals surface area (Å²) in [6.07, 6.45) is 0. The van der Waals surface area contributed by atoms with E-state index in [4.69, 9.17) is 18.0 Å². The van der Waals surface area contributed by atoms with E-state index in [0.717, 1.165) is 28.7 Å². The van der Waals surface area contributed by atoms with Crippen molar-refractivity contribution >= 4 is 39.0 Å². The van der Waals surface area contributed by atoms with Crippen molar-refractivity contribution in [1.29, 1.82) is 0 Å². The first-order chi connectivity index (χ1) is 9.91. The number of nitrogens with zero attached hydrogens (tertiary/aromatic N) is 2. The molecule has 1 saturated heterocycles. The number of thiocarbonyl (C=S) groups is 1. The van der Waals surface area contributed by atoms with E-state index in [-0.39, 0.29) is 11.9 Å². The Morgan fingerprint density at radius 3 is 2.52 bits per heavy atom. The van der Waals surface area contributed by atoms with Crippen LogP contribution >= 0.6 is 28.1 Å². The summed E-state index contributed by atoms with van der Waals surface area (Å²) in [5.41, 5.74) is 7.44. The van der Waals surface area contributed by atoms with Crippen molar-refractivity contribution in [3.05, 3.63) is 33.8 Å². The fourth-order valence-electron chi connectivity index (χ4n) is 2.50. The minimum Gasteiger partial charge on any atom is -0.392 e. The first-order valence-electron chi connectivity index (χ1n) is 6.99. The molecule has 2 N–H and O–H groups in total. The fraction of sp³-hybridized carbons (Fsp3) is 0.467. The maximum absolute atomic E-state index is 12.6. The third-order valence-electron chi connectivity index (χ3n) is 4.06. The Morgan fingerprint density at radius 1 is 1.33 bits per heavy atom. The SMILES string of the molecule is Cc1c(Br)cccc1C(=O)N1CCN(C(C)C(N)=S)CC1. The lowest BCUT2D eigenvalue weighted by molar-refractivity contribution is 0.0621. The minimum atomic E-state index is 0.0878. The molecule has 6 heteroatoms. The Kier molecular flexibility index (Phi) is 5.35. The quantitative estimate of drug-likeness (QED) is 0.829. The first-order valence-corrected chi connectivity index (χ1v) is 8.19. The number of hydrogen-bond donors (Lipinski definition) is 1. The number of amides is 1. The van der Waals surface area contributed by atoms with E-state index in [2.05, 4.69) is 20.8 Å². The van der Waals surface area contributed by atoms with Crippen LogP contribution in [-0.4, -0.2) is 52.9 Å². The van der Waals surface area contributed by atoms with Crippen LogP contribution < -0.4 is 5.73 Å². The number of hydrogen-bond acceptors (Lipinski definition) is 3. The number of rotatable bonds is 3. The predicted octanol–water partition coefficient (Wildman–Crippen LogP) is 2.19. The van der Waals surface area contributed by atoms with Crippen LogP contribution in [0.5, 0.6) is 0 Å². The molecule has 114 valence electrons. The standard InChI is InChI=1S/C15H20BrN3OS/c1-10-12(4-3-5-13(10)16)15(20)19-8-6-18(7-9-19)11(2)14(17)21/h3-5,11H,6-9H2,1-2H3,(H2,17,21). The molecule has 1 unspecified atom stereocenters. The summed E-state index contributed by atoms with van der Waals surface area (Å²) >= 11 is 8.51. The highest BCUT2D eigenvalue weighted by Crippen LogP contribution is 2.21. The zero-order valence-corrected chi connectivity index (χ0v) is 14.7. The highest BCUT2D eigenvalue weighted by atomic mass is 79.9. The van der Waals surface area contributed by atoms with Crippen molar-refractivity contribution in [2.45, 2.75) is 19.9 Å². The summed E-state index contributed by atoms with van der Waals surface area (Å²) in [6, 6.07) is 5.82. The van der Waals surface area contributed by atoms with Crippen LogP contribution in [0.4, 0.5) is 0 Å². The average Bonchev–Trinajstić information content (AvgIpc) is 2.48. The highest BCUT2D eigenvalue weighted by molar-refractivity contribution is 9.10. The summed E-state index contributed by atoms with van der Waals surface area (Å²) in [5.74, 6) is 0.0939. The summed E-state index contributed by atoms with van der Waals surface area (Å²) in [5, 5.41) is 0. The van der Waals surface area contributed by atoms with Gasteiger partial charge in [-0.25, -0.2) is 0 Å². The second kappa shape index (κ2) is 6.85. The van der Waals surface area contributed by atoms with Crippen molar-refractivity contribution in [2.75, 3.05) is 26.2 Å². The smallest absolute Gasteiger partial charge is 0.254 e. The molecule has 1 aliphatic rings. The van der Waals surface area contributed by atoms with E-state index in [1.807, 2.05) is 36.9 Å². The Hall–Kier alpha value is -0.980. The van der Waals surface area contributed by atoms with E-state index < -0.39 is 0 Å². The van der Waals surface area contributed by atoms with Crippen LogP contribution in [0.25, 0.3) is 0 Å². The molecule has 0 spiro atoms. The van der Waals surface area contributed by atoms with E-state index in [0.29, 0.717) is 18.1 Å². The molecule has 0 bridgehead atoms. The van der Waals surface area contributed by atoms with Gasteiger partial charge in [0.15, 0.2) is 0 Å². The summed E-state index contributed by atoms with van der Waals surface area (Å²) in [4.78, 5) is 17.3. The van der Waals surface area contributed by atoms with Gasteiger partial charge in [-0.2, -0.15) is 0 Å². The lowest BCUT2D eigenvalue weighted by Crippen LogP contribution is -2.54. The maximum Gasteiger partial charge on any atom is 0.254 e. The monoisotopic (exact) mass is 369 g/mol. The molecule has 21 heavy (non-hydrogen) atoms. The van der Waals surface area contributed by atoms with Gasteiger partial charge in [0.05, 0.1) is 11.0 Å². The van der Waals surface area contributed by atoms with Crippen molar-refractivity contribution in [3.8, 4) is 0 Å². The van der Waals surface area contributed by atoms with E-state index in [1.165, 1.54) is 0 Å². The zero-order valence-electron chi connectivity index (χ0n) is 12.3. The maximum atomic E-state index is 12.6. The van der Waals surface area contributed by atoms with Crippen molar-refractivity contribution in [1.82, 2.24) is 9.80 Å². The van der Waals surface area contributed by atoms with Gasteiger partial charge in [-0.05, 0) is 31.5 Å². The summed E-state index contributed by atoms with van der Waals surface area (Å²) in [7, 11) is 0. The van der Waals surface area contributed by atoms with E-state index in [9.17, 15) is 4.79 Å². The van der Waals surface area contributed by atoms with Crippen LogP contribution in [0, 0.1) is 6.92 Å². The van der Waals surface area contributed by atoms with Crippen molar-refractivity contribution in [2.24, 2.45) is 5.73 Å². The molecule has 0 aliphatic carbocycles. The Bertz CT molecular complexity index is 556. The second-order valence-electron chi connectivity index (χ2n) is 5.32. The summed E-state index contributed by atoms with van der Waals surface area (Å²) in [6.45, 7) is 6.99. The normalized spacial score (nSPS) is 17.6. The number of carbonyl (C=O) groups is 1. The predicted molar refractivity (Wildman–Crippen MR) is 92.6 cm³/mol. The molecule has 0 radical (unpaired) electrons. The van der Waals surface area contributed by atoms with Gasteiger partial charge < -0.3 is 10.6 Å². The topological polar surface area (TPSA) is 49.6 Å². The molecular weight excluding hydrogens is 350 g/mol. The van der Waals surface area contributed by atoms with Crippen molar-refractivity contribution < 1.29 is 4.79 Å². The van der Waals surface area contributed by atoms with Crippen LogP contribution in [0.15, 0.2) is 22.7 Å². The van der Waals surface area contributed by atoms with Gasteiger partial charge in [-0.3, -0.25) is 9.69 Å². The number of nitrogens with two attached hydrogens (primary N) is 1. The number of halogens is 1. The van der Waals surface area contributed by atoms with Gasteiger partial charge in [0.1, 0.15) is 0 Å². The lowest BCUT2D eigenvalue weighted by Gasteiger charge is -2.37. The minimum absolute atomic E-state index is 0.0878. The van der Waals surface area contributed by atoms with Gasteiger partial charge in [-0.1, -0.05) is 34.2 Å².